The number of ether oxygens (including phenoxy) is 3. The standard InChI is InChI=1S/C25H25ClN4O4S.ClH/c1-5-32-21-13-17(11-18-23(27)30-25(28-24(18)31)35-16(4)29-30)12-19(26)22(21)34-9-8-33-20-7-6-14(2)10-15(20)3;/h6-7,10-13,27H,5,8-9H2,1-4H3;1H/b18-11+,27-23?;. The second kappa shape index (κ2) is 11.8. The van der Waals surface area contributed by atoms with Gasteiger partial charge in [-0.2, -0.15) is 15.1 Å². The Morgan fingerprint density at radius 2 is 1.83 bits per heavy atom. The van der Waals surface area contributed by atoms with Gasteiger partial charge in [0, 0.05) is 0 Å². The summed E-state index contributed by atoms with van der Waals surface area (Å²) in [5, 5.41) is 15.4. The predicted octanol–water partition coefficient (Wildman–Crippen LogP) is 5.87. The molecule has 2 aromatic carbocycles. The lowest BCUT2D eigenvalue weighted by molar-refractivity contribution is -0.114. The first-order valence-corrected chi connectivity index (χ1v) is 12.2. The van der Waals surface area contributed by atoms with Crippen molar-refractivity contribution in [2.24, 2.45) is 10.1 Å². The van der Waals surface area contributed by atoms with Crippen LogP contribution in [0.1, 0.15) is 30.5 Å². The monoisotopic (exact) mass is 548 g/mol. The topological polar surface area (TPSA) is 96.6 Å². The van der Waals surface area contributed by atoms with E-state index in [1.165, 1.54) is 22.3 Å². The highest BCUT2D eigenvalue weighted by atomic mass is 35.5. The Morgan fingerprint density at radius 3 is 2.56 bits per heavy atom. The number of fused-ring (bicyclic) bond motifs is 1. The van der Waals surface area contributed by atoms with Crippen molar-refractivity contribution in [3.05, 3.63) is 57.6 Å². The Balaban J connectivity index is 0.00000361. The summed E-state index contributed by atoms with van der Waals surface area (Å²) >= 11 is 7.79. The molecule has 2 aromatic rings. The number of nitrogens with one attached hydrogen (secondary N) is 1. The molecule has 0 saturated heterocycles. The molecule has 0 unspecified atom stereocenters. The van der Waals surface area contributed by atoms with E-state index in [4.69, 9.17) is 31.2 Å². The third-order valence-corrected chi connectivity index (χ3v) is 6.22. The van der Waals surface area contributed by atoms with Gasteiger partial charge in [0.25, 0.3) is 5.91 Å². The minimum absolute atomic E-state index is 0. The van der Waals surface area contributed by atoms with Crippen LogP contribution in [0.15, 0.2) is 46.0 Å². The third kappa shape index (κ3) is 6.03. The summed E-state index contributed by atoms with van der Waals surface area (Å²) in [6, 6.07) is 9.38. The maximum absolute atomic E-state index is 12.6. The molecule has 0 atom stereocenters. The van der Waals surface area contributed by atoms with Crippen LogP contribution in [0, 0.1) is 19.3 Å². The fourth-order valence-electron chi connectivity index (χ4n) is 3.59. The summed E-state index contributed by atoms with van der Waals surface area (Å²) in [5.74, 6) is 1.09. The molecule has 0 radical (unpaired) electrons. The van der Waals surface area contributed by atoms with Crippen molar-refractivity contribution in [2.45, 2.75) is 27.7 Å². The SMILES string of the molecule is CCOc1cc(/C=C2\C(=N)N3N=C(C)SC3=NC2=O)cc(Cl)c1OCCOc1ccc(C)cc1C.Cl. The molecule has 36 heavy (non-hydrogen) atoms. The van der Waals surface area contributed by atoms with Crippen LogP contribution in [0.2, 0.25) is 5.02 Å². The van der Waals surface area contributed by atoms with Crippen LogP contribution in [-0.4, -0.2) is 46.8 Å². The molecule has 2 aliphatic heterocycles. The first kappa shape index (κ1) is 27.6. The summed E-state index contributed by atoms with van der Waals surface area (Å²) in [5.41, 5.74) is 2.93. The summed E-state index contributed by atoms with van der Waals surface area (Å²) < 4.78 is 17.5. The number of aliphatic imine (C=N–C) groups is 1. The average molecular weight is 549 g/mol. The van der Waals surface area contributed by atoms with Crippen molar-refractivity contribution in [1.29, 1.82) is 5.41 Å². The highest BCUT2D eigenvalue weighted by Crippen LogP contribution is 2.38. The number of benzene rings is 2. The Kier molecular flexibility index (Phi) is 9.05. The van der Waals surface area contributed by atoms with Gasteiger partial charge in [-0.05, 0) is 74.9 Å². The largest absolute Gasteiger partial charge is 0.490 e. The number of hydrazone groups is 1. The van der Waals surface area contributed by atoms with E-state index in [2.05, 4.69) is 16.2 Å². The maximum atomic E-state index is 12.6. The summed E-state index contributed by atoms with van der Waals surface area (Å²) in [6.07, 6.45) is 1.56. The fourth-order valence-corrected chi connectivity index (χ4v) is 4.59. The van der Waals surface area contributed by atoms with Crippen LogP contribution < -0.4 is 14.2 Å². The van der Waals surface area contributed by atoms with Crippen molar-refractivity contribution in [1.82, 2.24) is 5.01 Å². The second-order valence-corrected chi connectivity index (χ2v) is 9.44. The highest BCUT2D eigenvalue weighted by molar-refractivity contribution is 8.26. The minimum atomic E-state index is -0.503. The van der Waals surface area contributed by atoms with Gasteiger partial charge in [-0.25, -0.2) is 0 Å². The molecule has 0 spiro atoms. The lowest BCUT2D eigenvalue weighted by atomic mass is 10.1. The number of hydrogen-bond donors (Lipinski definition) is 1. The van der Waals surface area contributed by atoms with Crippen molar-refractivity contribution in [3.8, 4) is 17.2 Å². The lowest BCUT2D eigenvalue weighted by Gasteiger charge is -2.20. The molecule has 4 rings (SSSR count). The number of carbonyl (C=O) groups excluding carboxylic acids is 1. The molecular formula is C25H26Cl2N4O4S. The summed E-state index contributed by atoms with van der Waals surface area (Å²) in [6.45, 7) is 8.68. The van der Waals surface area contributed by atoms with Gasteiger partial charge in [0.1, 0.15) is 19.0 Å². The van der Waals surface area contributed by atoms with Crippen LogP contribution in [-0.2, 0) is 4.79 Å². The number of rotatable bonds is 8. The Morgan fingerprint density at radius 1 is 1.08 bits per heavy atom. The van der Waals surface area contributed by atoms with E-state index in [0.29, 0.717) is 45.5 Å². The van der Waals surface area contributed by atoms with Crippen LogP contribution in [0.3, 0.4) is 0 Å². The van der Waals surface area contributed by atoms with E-state index in [-0.39, 0.29) is 30.4 Å². The highest BCUT2D eigenvalue weighted by Gasteiger charge is 2.34. The number of halogens is 2. The number of carbonyl (C=O) groups is 1. The van der Waals surface area contributed by atoms with E-state index in [9.17, 15) is 4.79 Å². The number of hydrogen-bond acceptors (Lipinski definition) is 7. The molecule has 190 valence electrons. The zero-order valence-corrected chi connectivity index (χ0v) is 22.6. The molecular weight excluding hydrogens is 523 g/mol. The lowest BCUT2D eigenvalue weighted by Crippen LogP contribution is -2.35. The third-order valence-electron chi connectivity index (χ3n) is 5.12. The van der Waals surface area contributed by atoms with E-state index >= 15 is 0 Å². The zero-order valence-electron chi connectivity index (χ0n) is 20.3. The van der Waals surface area contributed by atoms with Crippen molar-refractivity contribution in [2.75, 3.05) is 19.8 Å². The maximum Gasteiger partial charge on any atom is 0.283 e. The number of amides is 1. The van der Waals surface area contributed by atoms with Crippen LogP contribution in [0.5, 0.6) is 17.2 Å². The zero-order chi connectivity index (χ0) is 25.1. The summed E-state index contributed by atoms with van der Waals surface area (Å²) in [7, 11) is 0. The van der Waals surface area contributed by atoms with Gasteiger partial charge < -0.3 is 14.2 Å². The first-order chi connectivity index (χ1) is 16.8. The van der Waals surface area contributed by atoms with Gasteiger partial charge in [-0.1, -0.05) is 29.3 Å². The van der Waals surface area contributed by atoms with Gasteiger partial charge in [0.05, 0.1) is 22.2 Å². The number of amidine groups is 2. The molecule has 11 heteroatoms. The van der Waals surface area contributed by atoms with E-state index in [1.54, 1.807) is 25.1 Å². The minimum Gasteiger partial charge on any atom is -0.490 e. The number of thioether (sulfide) groups is 1. The number of aryl methyl sites for hydroxylation is 2. The molecule has 2 heterocycles. The average Bonchev–Trinajstić information content (AvgIpc) is 3.17. The quantitative estimate of drug-likeness (QED) is 0.327. The Hall–Kier alpha value is -3.01. The van der Waals surface area contributed by atoms with E-state index in [1.807, 2.05) is 32.9 Å². The van der Waals surface area contributed by atoms with Gasteiger partial charge >= 0.3 is 0 Å². The molecule has 0 bridgehead atoms. The number of nitrogens with zero attached hydrogens (tertiary/aromatic N) is 3. The van der Waals surface area contributed by atoms with Crippen LogP contribution >= 0.6 is 35.8 Å². The molecule has 1 N–H and O–H groups in total. The molecule has 0 aliphatic carbocycles. The van der Waals surface area contributed by atoms with Crippen molar-refractivity contribution < 1.29 is 19.0 Å². The van der Waals surface area contributed by atoms with Crippen molar-refractivity contribution in [3.63, 3.8) is 0 Å². The second-order valence-electron chi connectivity index (χ2n) is 7.87. The predicted molar refractivity (Wildman–Crippen MR) is 147 cm³/mol. The molecule has 1 amide bonds. The normalized spacial score (nSPS) is 15.8. The molecule has 0 saturated carbocycles. The van der Waals surface area contributed by atoms with Crippen LogP contribution in [0.25, 0.3) is 6.08 Å². The van der Waals surface area contributed by atoms with Crippen molar-refractivity contribution >= 4 is 63.8 Å². The van der Waals surface area contributed by atoms with E-state index < -0.39 is 5.91 Å². The molecule has 2 aliphatic rings. The van der Waals surface area contributed by atoms with Crippen LogP contribution in [0.4, 0.5) is 0 Å². The molecule has 0 aromatic heterocycles. The van der Waals surface area contributed by atoms with Gasteiger partial charge in [-0.15, -0.1) is 12.4 Å². The van der Waals surface area contributed by atoms with Gasteiger partial charge in [0.2, 0.25) is 5.17 Å². The van der Waals surface area contributed by atoms with E-state index in [0.717, 1.165) is 11.3 Å². The Labute approximate surface area is 225 Å². The Bertz CT molecular complexity index is 1290. The first-order valence-electron chi connectivity index (χ1n) is 11.0. The fraction of sp³-hybridized carbons (Fsp3) is 0.280. The molecule has 8 nitrogen and oxygen atoms in total. The smallest absolute Gasteiger partial charge is 0.283 e. The molecule has 0 fully saturated rings. The summed E-state index contributed by atoms with van der Waals surface area (Å²) in [4.78, 5) is 16.6. The van der Waals surface area contributed by atoms with Gasteiger partial charge in [0.15, 0.2) is 17.3 Å². The van der Waals surface area contributed by atoms with Gasteiger partial charge in [-0.3, -0.25) is 10.2 Å².